The SMILES string of the molecule is CC(C)COc1ccc(C(=O)C(C)Cl)cc1. The van der Waals surface area contributed by atoms with Gasteiger partial charge in [0.25, 0.3) is 0 Å². The van der Waals surface area contributed by atoms with Gasteiger partial charge in [-0.2, -0.15) is 0 Å². The number of rotatable bonds is 5. The molecule has 0 N–H and O–H groups in total. The van der Waals surface area contributed by atoms with Gasteiger partial charge in [-0.3, -0.25) is 4.79 Å². The van der Waals surface area contributed by atoms with Crippen molar-refractivity contribution in [2.24, 2.45) is 5.92 Å². The van der Waals surface area contributed by atoms with Gasteiger partial charge in [0.15, 0.2) is 5.78 Å². The summed E-state index contributed by atoms with van der Waals surface area (Å²) in [4.78, 5) is 11.5. The quantitative estimate of drug-likeness (QED) is 0.581. The van der Waals surface area contributed by atoms with Crippen LogP contribution < -0.4 is 4.74 Å². The molecule has 1 unspecified atom stereocenters. The molecule has 0 bridgehead atoms. The van der Waals surface area contributed by atoms with Crippen LogP contribution in [0.3, 0.4) is 0 Å². The Labute approximate surface area is 102 Å². The van der Waals surface area contributed by atoms with Crippen molar-refractivity contribution in [2.45, 2.75) is 26.1 Å². The van der Waals surface area contributed by atoms with Crippen molar-refractivity contribution in [2.75, 3.05) is 6.61 Å². The van der Waals surface area contributed by atoms with Crippen LogP contribution in [0.25, 0.3) is 0 Å². The van der Waals surface area contributed by atoms with E-state index in [0.717, 1.165) is 5.75 Å². The topological polar surface area (TPSA) is 26.3 Å². The van der Waals surface area contributed by atoms with Crippen LogP contribution in [0.5, 0.6) is 5.75 Å². The largest absolute Gasteiger partial charge is 0.493 e. The molecule has 0 saturated heterocycles. The van der Waals surface area contributed by atoms with Crippen molar-refractivity contribution in [1.82, 2.24) is 0 Å². The molecule has 0 aliphatic rings. The molecule has 16 heavy (non-hydrogen) atoms. The van der Waals surface area contributed by atoms with Crippen LogP contribution in [-0.4, -0.2) is 17.8 Å². The summed E-state index contributed by atoms with van der Waals surface area (Å²) >= 11 is 5.72. The Balaban J connectivity index is 2.64. The van der Waals surface area contributed by atoms with Crippen LogP contribution in [0.2, 0.25) is 0 Å². The summed E-state index contributed by atoms with van der Waals surface area (Å²) in [6, 6.07) is 7.09. The first-order valence-electron chi connectivity index (χ1n) is 5.42. The number of carbonyl (C=O) groups excluding carboxylic acids is 1. The third-order valence-corrected chi connectivity index (χ3v) is 2.28. The Morgan fingerprint density at radius 3 is 2.25 bits per heavy atom. The molecule has 88 valence electrons. The minimum atomic E-state index is -0.484. The summed E-state index contributed by atoms with van der Waals surface area (Å²) in [6.07, 6.45) is 0. The fourth-order valence-corrected chi connectivity index (χ4v) is 1.33. The van der Waals surface area contributed by atoms with Crippen molar-refractivity contribution in [3.8, 4) is 5.75 Å². The number of benzene rings is 1. The molecule has 1 rings (SSSR count). The highest BCUT2D eigenvalue weighted by Crippen LogP contribution is 2.15. The second kappa shape index (κ2) is 5.90. The van der Waals surface area contributed by atoms with Gasteiger partial charge in [0.1, 0.15) is 5.75 Å². The first kappa shape index (κ1) is 13.0. The van der Waals surface area contributed by atoms with E-state index >= 15 is 0 Å². The molecule has 0 aliphatic carbocycles. The molecule has 0 amide bonds. The Bertz CT molecular complexity index is 341. The molecule has 0 aliphatic heterocycles. The summed E-state index contributed by atoms with van der Waals surface area (Å²) in [7, 11) is 0. The first-order valence-corrected chi connectivity index (χ1v) is 5.85. The van der Waals surface area contributed by atoms with Gasteiger partial charge in [0, 0.05) is 5.56 Å². The zero-order valence-corrected chi connectivity index (χ0v) is 10.6. The van der Waals surface area contributed by atoms with Crippen molar-refractivity contribution < 1.29 is 9.53 Å². The van der Waals surface area contributed by atoms with Crippen LogP contribution >= 0.6 is 11.6 Å². The van der Waals surface area contributed by atoms with E-state index in [2.05, 4.69) is 13.8 Å². The van der Waals surface area contributed by atoms with Crippen LogP contribution in [0, 0.1) is 5.92 Å². The first-order chi connectivity index (χ1) is 7.50. The molecule has 0 spiro atoms. The molecule has 0 aromatic heterocycles. The summed E-state index contributed by atoms with van der Waals surface area (Å²) in [5, 5.41) is -0.484. The van der Waals surface area contributed by atoms with Crippen molar-refractivity contribution in [3.05, 3.63) is 29.8 Å². The van der Waals surface area contributed by atoms with Crippen molar-refractivity contribution in [1.29, 1.82) is 0 Å². The summed E-state index contributed by atoms with van der Waals surface area (Å²) in [5.41, 5.74) is 0.624. The van der Waals surface area contributed by atoms with Crippen molar-refractivity contribution >= 4 is 17.4 Å². The Hall–Kier alpha value is -1.02. The van der Waals surface area contributed by atoms with E-state index in [1.54, 1.807) is 31.2 Å². The number of alkyl halides is 1. The lowest BCUT2D eigenvalue weighted by atomic mass is 10.1. The highest BCUT2D eigenvalue weighted by molar-refractivity contribution is 6.33. The predicted octanol–water partition coefficient (Wildman–Crippen LogP) is 3.53. The number of halogens is 1. The van der Waals surface area contributed by atoms with Crippen LogP contribution in [0.4, 0.5) is 0 Å². The molecule has 0 radical (unpaired) electrons. The normalized spacial score (nSPS) is 12.6. The van der Waals surface area contributed by atoms with E-state index < -0.39 is 5.38 Å². The second-order valence-corrected chi connectivity index (χ2v) is 4.86. The summed E-state index contributed by atoms with van der Waals surface area (Å²) in [6.45, 7) is 6.53. The van der Waals surface area contributed by atoms with E-state index in [1.165, 1.54) is 0 Å². The van der Waals surface area contributed by atoms with E-state index in [9.17, 15) is 4.79 Å². The minimum absolute atomic E-state index is 0.0583. The molecule has 1 aromatic rings. The Kier molecular flexibility index (Phi) is 4.81. The van der Waals surface area contributed by atoms with Gasteiger partial charge in [0.2, 0.25) is 0 Å². The van der Waals surface area contributed by atoms with E-state index in [-0.39, 0.29) is 5.78 Å². The lowest BCUT2D eigenvalue weighted by Crippen LogP contribution is -2.10. The lowest BCUT2D eigenvalue weighted by Gasteiger charge is -2.09. The molecule has 1 aromatic carbocycles. The van der Waals surface area contributed by atoms with Gasteiger partial charge in [-0.25, -0.2) is 0 Å². The predicted molar refractivity (Wildman–Crippen MR) is 66.4 cm³/mol. The fraction of sp³-hybridized carbons (Fsp3) is 0.462. The zero-order chi connectivity index (χ0) is 12.1. The molecule has 1 atom stereocenters. The maximum absolute atomic E-state index is 11.5. The maximum Gasteiger partial charge on any atom is 0.180 e. The molecule has 3 heteroatoms. The lowest BCUT2D eigenvalue weighted by molar-refractivity contribution is 0.0991. The van der Waals surface area contributed by atoms with Gasteiger partial charge in [0.05, 0.1) is 12.0 Å². The highest BCUT2D eigenvalue weighted by Gasteiger charge is 2.11. The van der Waals surface area contributed by atoms with Crippen LogP contribution in [-0.2, 0) is 0 Å². The fourth-order valence-electron chi connectivity index (χ4n) is 1.21. The van der Waals surface area contributed by atoms with Gasteiger partial charge >= 0.3 is 0 Å². The average molecular weight is 241 g/mol. The number of hydrogen-bond acceptors (Lipinski definition) is 2. The molecule has 0 heterocycles. The van der Waals surface area contributed by atoms with Gasteiger partial charge in [-0.1, -0.05) is 13.8 Å². The number of Topliss-reactive ketones (excluding diaryl/α,β-unsaturated/α-hetero) is 1. The van der Waals surface area contributed by atoms with Crippen LogP contribution in [0.1, 0.15) is 31.1 Å². The smallest absolute Gasteiger partial charge is 0.180 e. The standard InChI is InChI=1S/C13H17ClO2/c1-9(2)8-16-12-6-4-11(5-7-12)13(15)10(3)14/h4-7,9-10H,8H2,1-3H3. The molecule has 2 nitrogen and oxygen atoms in total. The number of ketones is 1. The van der Waals surface area contributed by atoms with Crippen LogP contribution in [0.15, 0.2) is 24.3 Å². The number of ether oxygens (including phenoxy) is 1. The third-order valence-electron chi connectivity index (χ3n) is 2.08. The average Bonchev–Trinajstić information content (AvgIpc) is 2.26. The molecular formula is C13H17ClO2. The minimum Gasteiger partial charge on any atom is -0.493 e. The summed E-state index contributed by atoms with van der Waals surface area (Å²) in [5.74, 6) is 1.22. The van der Waals surface area contributed by atoms with E-state index in [0.29, 0.717) is 18.1 Å². The molecular weight excluding hydrogens is 224 g/mol. The van der Waals surface area contributed by atoms with Gasteiger partial charge in [-0.05, 0) is 37.1 Å². The monoisotopic (exact) mass is 240 g/mol. The zero-order valence-electron chi connectivity index (χ0n) is 9.87. The number of carbonyl (C=O) groups is 1. The Morgan fingerprint density at radius 2 is 1.81 bits per heavy atom. The summed E-state index contributed by atoms with van der Waals surface area (Å²) < 4.78 is 5.52. The third kappa shape index (κ3) is 3.86. The van der Waals surface area contributed by atoms with Gasteiger partial charge < -0.3 is 4.74 Å². The van der Waals surface area contributed by atoms with Crippen molar-refractivity contribution in [3.63, 3.8) is 0 Å². The maximum atomic E-state index is 11.5. The van der Waals surface area contributed by atoms with E-state index in [4.69, 9.17) is 16.3 Å². The highest BCUT2D eigenvalue weighted by atomic mass is 35.5. The molecule has 0 fully saturated rings. The number of hydrogen-bond donors (Lipinski definition) is 0. The Morgan fingerprint density at radius 1 is 1.25 bits per heavy atom. The second-order valence-electron chi connectivity index (χ2n) is 4.21. The van der Waals surface area contributed by atoms with E-state index in [1.807, 2.05) is 0 Å². The van der Waals surface area contributed by atoms with Gasteiger partial charge in [-0.15, -0.1) is 11.6 Å². The molecule has 0 saturated carbocycles.